The van der Waals surface area contributed by atoms with Gasteiger partial charge in [0.1, 0.15) is 5.82 Å². The Kier molecular flexibility index (Phi) is 3.55. The summed E-state index contributed by atoms with van der Waals surface area (Å²) in [5.41, 5.74) is 1.54. The monoisotopic (exact) mass is 367 g/mol. The minimum atomic E-state index is -0.604. The molecule has 0 saturated heterocycles. The average molecular weight is 369 g/mol. The molecule has 0 bridgehead atoms. The van der Waals surface area contributed by atoms with Crippen LogP contribution in [0, 0.1) is 5.82 Å². The molecule has 0 aliphatic carbocycles. The van der Waals surface area contributed by atoms with E-state index in [0.717, 1.165) is 0 Å². The molecule has 2 aromatic carbocycles. The maximum atomic E-state index is 13.2. The number of anilines is 1. The maximum Gasteiger partial charge on any atom is 0.299 e. The number of carbonyl (C=O) groups is 2. The van der Waals surface area contributed by atoms with Crippen LogP contribution in [-0.4, -0.2) is 11.7 Å². The van der Waals surface area contributed by atoms with Gasteiger partial charge in [0, 0.05) is 5.02 Å². The standard InChI is InChI=1S/C15H8BrClFNO2/c16-11-5-8(1-3-12(11)18)7-19-13-4-2-9(17)6-10(13)14(20)15(19)21/h1-6H,7H2. The van der Waals surface area contributed by atoms with Gasteiger partial charge in [-0.15, -0.1) is 0 Å². The predicted octanol–water partition coefficient (Wildman–Crippen LogP) is 3.97. The van der Waals surface area contributed by atoms with E-state index in [1.165, 1.54) is 17.0 Å². The number of rotatable bonds is 2. The van der Waals surface area contributed by atoms with Crippen molar-refractivity contribution in [1.82, 2.24) is 0 Å². The molecule has 3 rings (SSSR count). The lowest BCUT2D eigenvalue weighted by Gasteiger charge is -2.16. The van der Waals surface area contributed by atoms with E-state index in [1.54, 1.807) is 24.3 Å². The van der Waals surface area contributed by atoms with Crippen LogP contribution in [0.4, 0.5) is 10.1 Å². The van der Waals surface area contributed by atoms with E-state index in [1.807, 2.05) is 0 Å². The highest BCUT2D eigenvalue weighted by atomic mass is 79.9. The summed E-state index contributed by atoms with van der Waals surface area (Å²) in [5.74, 6) is -1.56. The summed E-state index contributed by atoms with van der Waals surface area (Å²) in [4.78, 5) is 25.4. The summed E-state index contributed by atoms with van der Waals surface area (Å²) in [6.07, 6.45) is 0. The van der Waals surface area contributed by atoms with E-state index in [2.05, 4.69) is 15.9 Å². The van der Waals surface area contributed by atoms with Crippen LogP contribution in [0.1, 0.15) is 15.9 Å². The number of Topliss-reactive ketones (excluding diaryl/α,β-unsaturated/α-hetero) is 1. The molecule has 0 atom stereocenters. The first-order valence-electron chi connectivity index (χ1n) is 6.07. The molecule has 2 aromatic rings. The normalized spacial score (nSPS) is 13.8. The number of fused-ring (bicyclic) bond motifs is 1. The predicted molar refractivity (Wildman–Crippen MR) is 81.1 cm³/mol. The van der Waals surface area contributed by atoms with Gasteiger partial charge in [0.05, 0.1) is 22.3 Å². The van der Waals surface area contributed by atoms with Crippen LogP contribution in [0.5, 0.6) is 0 Å². The fourth-order valence-corrected chi connectivity index (χ4v) is 2.85. The minimum Gasteiger partial charge on any atom is -0.300 e. The Morgan fingerprint density at radius 3 is 2.62 bits per heavy atom. The minimum absolute atomic E-state index is 0.193. The smallest absolute Gasteiger partial charge is 0.299 e. The summed E-state index contributed by atoms with van der Waals surface area (Å²) < 4.78 is 13.6. The van der Waals surface area contributed by atoms with Gasteiger partial charge in [-0.25, -0.2) is 4.39 Å². The number of nitrogens with zero attached hydrogens (tertiary/aromatic N) is 1. The van der Waals surface area contributed by atoms with Crippen LogP contribution in [0.3, 0.4) is 0 Å². The molecule has 3 nitrogen and oxygen atoms in total. The first-order valence-corrected chi connectivity index (χ1v) is 7.24. The number of ketones is 1. The maximum absolute atomic E-state index is 13.2. The van der Waals surface area contributed by atoms with Gasteiger partial charge in [0.15, 0.2) is 0 Å². The lowest BCUT2D eigenvalue weighted by Crippen LogP contribution is -2.29. The molecular weight excluding hydrogens is 361 g/mol. The molecule has 0 radical (unpaired) electrons. The fraction of sp³-hybridized carbons (Fsp3) is 0.0667. The van der Waals surface area contributed by atoms with Crippen molar-refractivity contribution < 1.29 is 14.0 Å². The van der Waals surface area contributed by atoms with Gasteiger partial charge in [-0.3, -0.25) is 9.59 Å². The highest BCUT2D eigenvalue weighted by Crippen LogP contribution is 2.32. The van der Waals surface area contributed by atoms with E-state index < -0.39 is 11.7 Å². The van der Waals surface area contributed by atoms with E-state index in [4.69, 9.17) is 11.6 Å². The van der Waals surface area contributed by atoms with E-state index in [9.17, 15) is 14.0 Å². The SMILES string of the molecule is O=C1C(=O)N(Cc2ccc(F)c(Br)c2)c2ccc(Cl)cc21. The van der Waals surface area contributed by atoms with Crippen molar-refractivity contribution in [2.45, 2.75) is 6.54 Å². The highest BCUT2D eigenvalue weighted by molar-refractivity contribution is 9.10. The van der Waals surface area contributed by atoms with Crippen molar-refractivity contribution in [2.75, 3.05) is 4.90 Å². The van der Waals surface area contributed by atoms with Crippen LogP contribution in [0.15, 0.2) is 40.9 Å². The Morgan fingerprint density at radius 2 is 1.90 bits per heavy atom. The van der Waals surface area contributed by atoms with Crippen LogP contribution < -0.4 is 4.90 Å². The highest BCUT2D eigenvalue weighted by Gasteiger charge is 2.35. The third-order valence-corrected chi connectivity index (χ3v) is 4.10. The van der Waals surface area contributed by atoms with Gasteiger partial charge in [-0.1, -0.05) is 17.7 Å². The quantitative estimate of drug-likeness (QED) is 0.752. The Labute approximate surface area is 133 Å². The number of amides is 1. The third-order valence-electron chi connectivity index (χ3n) is 3.26. The van der Waals surface area contributed by atoms with Crippen LogP contribution >= 0.6 is 27.5 Å². The number of benzene rings is 2. The van der Waals surface area contributed by atoms with Crippen molar-refractivity contribution in [1.29, 1.82) is 0 Å². The Morgan fingerprint density at radius 1 is 1.14 bits per heavy atom. The van der Waals surface area contributed by atoms with Crippen molar-refractivity contribution in [3.05, 3.63) is 62.8 Å². The number of carbonyl (C=O) groups excluding carboxylic acids is 2. The summed E-state index contributed by atoms with van der Waals surface area (Å²) >= 11 is 8.95. The van der Waals surface area contributed by atoms with Gasteiger partial charge in [-0.05, 0) is 51.8 Å². The lowest BCUT2D eigenvalue weighted by atomic mass is 10.1. The summed E-state index contributed by atoms with van der Waals surface area (Å²) in [6.45, 7) is 0.193. The van der Waals surface area contributed by atoms with Crippen LogP contribution in [0.2, 0.25) is 5.02 Å². The van der Waals surface area contributed by atoms with Gasteiger partial charge < -0.3 is 4.90 Å². The van der Waals surface area contributed by atoms with Crippen molar-refractivity contribution >= 4 is 44.9 Å². The average Bonchev–Trinajstić information content (AvgIpc) is 2.68. The Balaban J connectivity index is 1.98. The molecule has 0 saturated carbocycles. The molecule has 21 heavy (non-hydrogen) atoms. The second-order valence-corrected chi connectivity index (χ2v) is 5.92. The summed E-state index contributed by atoms with van der Waals surface area (Å²) in [6, 6.07) is 9.22. The second-order valence-electron chi connectivity index (χ2n) is 4.63. The molecule has 1 aliphatic heterocycles. The first-order chi connectivity index (χ1) is 9.97. The lowest BCUT2D eigenvalue weighted by molar-refractivity contribution is -0.114. The third kappa shape index (κ3) is 2.47. The van der Waals surface area contributed by atoms with Crippen LogP contribution in [-0.2, 0) is 11.3 Å². The molecule has 6 heteroatoms. The molecule has 1 amide bonds. The molecule has 0 spiro atoms. The molecule has 1 heterocycles. The van der Waals surface area contributed by atoms with Crippen LogP contribution in [0.25, 0.3) is 0 Å². The summed E-state index contributed by atoms with van der Waals surface area (Å²) in [5, 5.41) is 0.404. The molecule has 0 N–H and O–H groups in total. The summed E-state index contributed by atoms with van der Waals surface area (Å²) in [7, 11) is 0. The van der Waals surface area contributed by atoms with Gasteiger partial charge in [0.25, 0.3) is 11.7 Å². The van der Waals surface area contributed by atoms with Gasteiger partial charge in [-0.2, -0.15) is 0 Å². The second kappa shape index (κ2) is 5.24. The zero-order chi connectivity index (χ0) is 15.1. The largest absolute Gasteiger partial charge is 0.300 e. The van der Waals surface area contributed by atoms with Crippen molar-refractivity contribution in [2.24, 2.45) is 0 Å². The molecule has 0 aromatic heterocycles. The molecule has 0 fully saturated rings. The zero-order valence-electron chi connectivity index (χ0n) is 10.6. The van der Waals surface area contributed by atoms with Crippen molar-refractivity contribution in [3.63, 3.8) is 0 Å². The number of halogens is 3. The molecular formula is C15H8BrClFNO2. The van der Waals surface area contributed by atoms with E-state index in [0.29, 0.717) is 26.3 Å². The topological polar surface area (TPSA) is 37.4 Å². The Hall–Kier alpha value is -1.72. The molecule has 106 valence electrons. The fourth-order valence-electron chi connectivity index (χ4n) is 2.25. The molecule has 0 unspecified atom stereocenters. The number of hydrogen-bond acceptors (Lipinski definition) is 2. The first kappa shape index (κ1) is 14.2. The van der Waals surface area contributed by atoms with Gasteiger partial charge in [0.2, 0.25) is 0 Å². The van der Waals surface area contributed by atoms with Gasteiger partial charge >= 0.3 is 0 Å². The van der Waals surface area contributed by atoms with E-state index in [-0.39, 0.29) is 12.4 Å². The van der Waals surface area contributed by atoms with E-state index >= 15 is 0 Å². The number of hydrogen-bond donors (Lipinski definition) is 0. The van der Waals surface area contributed by atoms with Crippen molar-refractivity contribution in [3.8, 4) is 0 Å². The Bertz CT molecular complexity index is 778. The zero-order valence-corrected chi connectivity index (χ0v) is 12.9. The molecule has 1 aliphatic rings.